The Morgan fingerprint density at radius 2 is 1.92 bits per heavy atom. The Labute approximate surface area is 80.2 Å². The minimum atomic E-state index is -0.0636. The fourth-order valence-electron chi connectivity index (χ4n) is 0.856. The van der Waals surface area contributed by atoms with Crippen LogP contribution in [-0.4, -0.2) is 4.69 Å². The molecule has 0 N–H and O–H groups in total. The van der Waals surface area contributed by atoms with E-state index in [0.29, 0.717) is 5.57 Å². The third kappa shape index (κ3) is 2.62. The lowest BCUT2D eigenvalue weighted by Crippen LogP contribution is -1.85. The summed E-state index contributed by atoms with van der Waals surface area (Å²) in [6.45, 7) is 1.78. The van der Waals surface area contributed by atoms with Crippen molar-refractivity contribution in [2.75, 3.05) is 0 Å². The van der Waals surface area contributed by atoms with Crippen molar-refractivity contribution in [3.8, 4) is 0 Å². The predicted octanol–water partition coefficient (Wildman–Crippen LogP) is 3.01. The molecule has 1 aromatic carbocycles. The molecule has 0 unspecified atom stereocenters. The molecule has 1 nitrogen and oxygen atoms in total. The zero-order valence-corrected chi connectivity index (χ0v) is 8.34. The molecule has 0 saturated heterocycles. The molecule has 0 atom stereocenters. The normalized spacial score (nSPS) is 11.3. The minimum absolute atomic E-state index is 0.0636. The van der Waals surface area contributed by atoms with Gasteiger partial charge in [0.1, 0.15) is 0 Å². The van der Waals surface area contributed by atoms with Gasteiger partial charge in [-0.3, -0.25) is 4.79 Å². The third-order valence-corrected chi connectivity index (χ3v) is 2.12. The van der Waals surface area contributed by atoms with Gasteiger partial charge in [0.15, 0.2) is 0 Å². The van der Waals surface area contributed by atoms with Crippen molar-refractivity contribution in [3.63, 3.8) is 0 Å². The number of hydrogen-bond acceptors (Lipinski definition) is 1. The van der Waals surface area contributed by atoms with Crippen molar-refractivity contribution in [2.24, 2.45) is 0 Å². The molecule has 0 fully saturated rings. The second-order valence-electron chi connectivity index (χ2n) is 2.51. The summed E-state index contributed by atoms with van der Waals surface area (Å²) in [4.78, 5) is 10.8. The van der Waals surface area contributed by atoms with Crippen LogP contribution in [0.3, 0.4) is 0 Å². The van der Waals surface area contributed by atoms with Gasteiger partial charge in [-0.25, -0.2) is 0 Å². The van der Waals surface area contributed by atoms with Crippen LogP contribution in [0.5, 0.6) is 0 Å². The van der Waals surface area contributed by atoms with Crippen molar-refractivity contribution in [2.45, 2.75) is 6.92 Å². The number of hydrogen-bond donors (Lipinski definition) is 0. The molecule has 0 aliphatic carbocycles. The molecule has 12 heavy (non-hydrogen) atoms. The highest BCUT2D eigenvalue weighted by Crippen LogP contribution is 2.08. The van der Waals surface area contributed by atoms with Crippen LogP contribution in [0.25, 0.3) is 6.08 Å². The second-order valence-corrected chi connectivity index (χ2v) is 3.23. The SMILES string of the molecule is CC(=Cc1ccccc1)C(=O)Br. The number of benzene rings is 1. The first kappa shape index (κ1) is 9.20. The fraction of sp³-hybridized carbons (Fsp3) is 0.100. The molecule has 0 radical (unpaired) electrons. The summed E-state index contributed by atoms with van der Waals surface area (Å²) in [6.07, 6.45) is 1.84. The van der Waals surface area contributed by atoms with Gasteiger partial charge in [0.25, 0.3) is 0 Å². The van der Waals surface area contributed by atoms with E-state index in [1.165, 1.54) is 0 Å². The molecule has 0 saturated carbocycles. The number of carbonyl (C=O) groups is 1. The maximum absolute atomic E-state index is 10.8. The van der Waals surface area contributed by atoms with E-state index in [-0.39, 0.29) is 4.69 Å². The van der Waals surface area contributed by atoms with Gasteiger partial charge in [-0.2, -0.15) is 0 Å². The minimum Gasteiger partial charge on any atom is -0.281 e. The van der Waals surface area contributed by atoms with Gasteiger partial charge < -0.3 is 0 Å². The zero-order chi connectivity index (χ0) is 8.97. The summed E-state index contributed by atoms with van der Waals surface area (Å²) >= 11 is 2.89. The first-order chi connectivity index (χ1) is 5.70. The summed E-state index contributed by atoms with van der Waals surface area (Å²) < 4.78 is -0.0636. The smallest absolute Gasteiger partial charge is 0.223 e. The topological polar surface area (TPSA) is 17.1 Å². The van der Waals surface area contributed by atoms with Crippen molar-refractivity contribution >= 4 is 26.7 Å². The van der Waals surface area contributed by atoms with E-state index in [1.54, 1.807) is 6.92 Å². The summed E-state index contributed by atoms with van der Waals surface area (Å²) in [6, 6.07) is 9.75. The number of allylic oxidation sites excluding steroid dienone is 1. The summed E-state index contributed by atoms with van der Waals surface area (Å²) in [5, 5.41) is 0. The van der Waals surface area contributed by atoms with Gasteiger partial charge in [0.2, 0.25) is 4.69 Å². The van der Waals surface area contributed by atoms with Crippen LogP contribution in [-0.2, 0) is 4.79 Å². The second kappa shape index (κ2) is 4.21. The number of carbonyl (C=O) groups excluding carboxylic acids is 1. The first-order valence-electron chi connectivity index (χ1n) is 3.63. The number of rotatable bonds is 2. The lowest BCUT2D eigenvalue weighted by atomic mass is 10.1. The lowest BCUT2D eigenvalue weighted by molar-refractivity contribution is -0.107. The van der Waals surface area contributed by atoms with E-state index in [2.05, 4.69) is 15.9 Å². The van der Waals surface area contributed by atoms with Crippen molar-refractivity contribution < 1.29 is 4.79 Å². The van der Waals surface area contributed by atoms with Gasteiger partial charge in [-0.1, -0.05) is 30.3 Å². The summed E-state index contributed by atoms with van der Waals surface area (Å²) in [7, 11) is 0. The van der Waals surface area contributed by atoms with E-state index < -0.39 is 0 Å². The Morgan fingerprint density at radius 3 is 2.42 bits per heavy atom. The molecule has 0 bridgehead atoms. The fourth-order valence-corrected chi connectivity index (χ4v) is 0.970. The zero-order valence-electron chi connectivity index (χ0n) is 6.75. The summed E-state index contributed by atoms with van der Waals surface area (Å²) in [5.41, 5.74) is 1.75. The van der Waals surface area contributed by atoms with Crippen molar-refractivity contribution in [1.82, 2.24) is 0 Å². The Hall–Kier alpha value is -0.890. The molecule has 0 aliphatic heterocycles. The van der Waals surface area contributed by atoms with E-state index in [1.807, 2.05) is 36.4 Å². The quantitative estimate of drug-likeness (QED) is 0.558. The van der Waals surface area contributed by atoms with Gasteiger partial charge in [0.05, 0.1) is 0 Å². The van der Waals surface area contributed by atoms with Crippen LogP contribution in [0.4, 0.5) is 0 Å². The molecule has 0 aromatic heterocycles. The maximum atomic E-state index is 10.8. The first-order valence-corrected chi connectivity index (χ1v) is 4.42. The molecule has 0 spiro atoms. The molecule has 0 heterocycles. The Bertz CT molecular complexity index is 301. The molecule has 1 aromatic rings. The van der Waals surface area contributed by atoms with Crippen LogP contribution in [0.1, 0.15) is 12.5 Å². The highest BCUT2D eigenvalue weighted by Gasteiger charge is 1.96. The van der Waals surface area contributed by atoms with Crippen LogP contribution in [0.2, 0.25) is 0 Å². The van der Waals surface area contributed by atoms with Crippen LogP contribution in [0, 0.1) is 0 Å². The van der Waals surface area contributed by atoms with Gasteiger partial charge in [-0.15, -0.1) is 0 Å². The van der Waals surface area contributed by atoms with Gasteiger partial charge >= 0.3 is 0 Å². The highest BCUT2D eigenvalue weighted by molar-refractivity contribution is 9.18. The molecular formula is C10H9BrO. The van der Waals surface area contributed by atoms with E-state index in [9.17, 15) is 4.79 Å². The molecule has 2 heteroatoms. The molecule has 62 valence electrons. The molecule has 1 rings (SSSR count). The molecule has 0 aliphatic rings. The number of halogens is 1. The van der Waals surface area contributed by atoms with E-state index >= 15 is 0 Å². The standard InChI is InChI=1S/C10H9BrO/c1-8(10(11)12)7-9-5-3-2-4-6-9/h2-7H,1H3. The molecular weight excluding hydrogens is 216 g/mol. The van der Waals surface area contributed by atoms with Crippen molar-refractivity contribution in [1.29, 1.82) is 0 Å². The molecule has 0 amide bonds. The van der Waals surface area contributed by atoms with Gasteiger partial charge in [-0.05, 0) is 34.5 Å². The lowest BCUT2D eigenvalue weighted by Gasteiger charge is -1.93. The van der Waals surface area contributed by atoms with Crippen LogP contribution >= 0.6 is 15.9 Å². The largest absolute Gasteiger partial charge is 0.281 e. The highest BCUT2D eigenvalue weighted by atomic mass is 79.9. The van der Waals surface area contributed by atoms with Gasteiger partial charge in [0, 0.05) is 5.57 Å². The third-order valence-electron chi connectivity index (χ3n) is 1.49. The van der Waals surface area contributed by atoms with Crippen molar-refractivity contribution in [3.05, 3.63) is 41.5 Å². The van der Waals surface area contributed by atoms with E-state index in [4.69, 9.17) is 0 Å². The maximum Gasteiger partial charge on any atom is 0.223 e. The monoisotopic (exact) mass is 224 g/mol. The average Bonchev–Trinajstić information content (AvgIpc) is 2.06. The Morgan fingerprint density at radius 1 is 1.33 bits per heavy atom. The predicted molar refractivity (Wildman–Crippen MR) is 54.0 cm³/mol. The van der Waals surface area contributed by atoms with Crippen LogP contribution in [0.15, 0.2) is 35.9 Å². The summed E-state index contributed by atoms with van der Waals surface area (Å²) in [5.74, 6) is 0. The van der Waals surface area contributed by atoms with E-state index in [0.717, 1.165) is 5.56 Å². The Balaban J connectivity index is 2.89. The van der Waals surface area contributed by atoms with Crippen LogP contribution < -0.4 is 0 Å². The average molecular weight is 225 g/mol. The Kier molecular flexibility index (Phi) is 3.23.